The average Bonchev–Trinajstić information content (AvgIpc) is 2.59. The number of nitrogen functional groups attached to an aromatic ring is 1. The predicted molar refractivity (Wildman–Crippen MR) is 105 cm³/mol. The summed E-state index contributed by atoms with van der Waals surface area (Å²) < 4.78 is 5.76. The Morgan fingerprint density at radius 1 is 1.12 bits per heavy atom. The highest BCUT2D eigenvalue weighted by molar-refractivity contribution is 5.85. The molecule has 0 saturated heterocycles. The first-order valence-electron chi connectivity index (χ1n) is 8.33. The third-order valence-electron chi connectivity index (χ3n) is 4.08. The van der Waals surface area contributed by atoms with Crippen LogP contribution in [-0.2, 0) is 11.2 Å². The SMILES string of the molecule is Cc1ccccc1OCCCN(C)C(=O)CCc1ccccc1N.Cl. The number of nitrogens with two attached hydrogens (primary N) is 1. The fourth-order valence-electron chi connectivity index (χ4n) is 2.52. The average molecular weight is 363 g/mol. The molecule has 25 heavy (non-hydrogen) atoms. The van der Waals surface area contributed by atoms with E-state index in [1.54, 1.807) is 4.90 Å². The monoisotopic (exact) mass is 362 g/mol. The molecule has 4 nitrogen and oxygen atoms in total. The molecule has 2 aromatic rings. The van der Waals surface area contributed by atoms with Crippen molar-refractivity contribution in [1.82, 2.24) is 4.90 Å². The number of hydrogen-bond donors (Lipinski definition) is 1. The fraction of sp³-hybridized carbons (Fsp3) is 0.350. The first kappa shape index (κ1) is 20.8. The number of halogens is 1. The lowest BCUT2D eigenvalue weighted by Gasteiger charge is -2.18. The molecule has 2 N–H and O–H groups in total. The number of benzene rings is 2. The van der Waals surface area contributed by atoms with Gasteiger partial charge in [0.2, 0.25) is 5.91 Å². The van der Waals surface area contributed by atoms with E-state index in [4.69, 9.17) is 10.5 Å². The minimum atomic E-state index is 0. The molecule has 0 spiro atoms. The molecule has 0 atom stereocenters. The van der Waals surface area contributed by atoms with Crippen LogP contribution < -0.4 is 10.5 Å². The van der Waals surface area contributed by atoms with Crippen LogP contribution in [0.5, 0.6) is 5.75 Å². The Morgan fingerprint density at radius 2 is 1.80 bits per heavy atom. The van der Waals surface area contributed by atoms with Crippen molar-refractivity contribution in [3.05, 3.63) is 59.7 Å². The number of carbonyl (C=O) groups excluding carboxylic acids is 1. The second kappa shape index (κ2) is 10.6. The molecule has 0 aliphatic heterocycles. The Balaban J connectivity index is 0.00000312. The van der Waals surface area contributed by atoms with Crippen LogP contribution in [0.2, 0.25) is 0 Å². The van der Waals surface area contributed by atoms with Crippen LogP contribution >= 0.6 is 12.4 Å². The number of aryl methyl sites for hydroxylation is 2. The van der Waals surface area contributed by atoms with Crippen molar-refractivity contribution in [3.8, 4) is 5.75 Å². The molecule has 136 valence electrons. The van der Waals surface area contributed by atoms with Gasteiger partial charge in [-0.3, -0.25) is 4.79 Å². The molecule has 0 aliphatic carbocycles. The second-order valence-electron chi connectivity index (χ2n) is 5.98. The van der Waals surface area contributed by atoms with E-state index < -0.39 is 0 Å². The van der Waals surface area contributed by atoms with Crippen LogP contribution in [0.4, 0.5) is 5.69 Å². The zero-order chi connectivity index (χ0) is 17.4. The molecule has 0 fully saturated rings. The maximum Gasteiger partial charge on any atom is 0.222 e. The van der Waals surface area contributed by atoms with Gasteiger partial charge in [-0.05, 0) is 43.0 Å². The van der Waals surface area contributed by atoms with Gasteiger partial charge in [0, 0.05) is 25.7 Å². The summed E-state index contributed by atoms with van der Waals surface area (Å²) in [5, 5.41) is 0. The Labute approximate surface area is 156 Å². The molecule has 5 heteroatoms. The maximum atomic E-state index is 12.2. The predicted octanol–water partition coefficient (Wildman–Crippen LogP) is 3.86. The molecule has 0 unspecified atom stereocenters. The summed E-state index contributed by atoms with van der Waals surface area (Å²) in [6, 6.07) is 15.6. The zero-order valence-electron chi connectivity index (χ0n) is 14.9. The van der Waals surface area contributed by atoms with E-state index in [-0.39, 0.29) is 18.3 Å². The first-order chi connectivity index (χ1) is 11.6. The van der Waals surface area contributed by atoms with Gasteiger partial charge in [0.1, 0.15) is 5.75 Å². The quantitative estimate of drug-likeness (QED) is 0.573. The van der Waals surface area contributed by atoms with Crippen molar-refractivity contribution in [3.63, 3.8) is 0 Å². The molecule has 0 heterocycles. The van der Waals surface area contributed by atoms with E-state index in [0.717, 1.165) is 29.0 Å². The topological polar surface area (TPSA) is 55.6 Å². The minimum Gasteiger partial charge on any atom is -0.493 e. The third-order valence-corrected chi connectivity index (χ3v) is 4.08. The smallest absolute Gasteiger partial charge is 0.222 e. The zero-order valence-corrected chi connectivity index (χ0v) is 15.7. The van der Waals surface area contributed by atoms with Gasteiger partial charge in [-0.1, -0.05) is 36.4 Å². The van der Waals surface area contributed by atoms with Crippen LogP contribution in [0.25, 0.3) is 0 Å². The summed E-state index contributed by atoms with van der Waals surface area (Å²) in [6.45, 7) is 3.32. The Morgan fingerprint density at radius 3 is 2.52 bits per heavy atom. The standard InChI is InChI=1S/C20H26N2O2.ClH/c1-16-8-3-6-11-19(16)24-15-7-14-22(2)20(23)13-12-17-9-4-5-10-18(17)21;/h3-6,8-11H,7,12-15,21H2,1-2H3;1H. The van der Waals surface area contributed by atoms with E-state index in [0.29, 0.717) is 26.0 Å². The largest absolute Gasteiger partial charge is 0.493 e. The molecule has 0 aromatic heterocycles. The number of anilines is 1. The lowest BCUT2D eigenvalue weighted by Crippen LogP contribution is -2.28. The summed E-state index contributed by atoms with van der Waals surface area (Å²) >= 11 is 0. The van der Waals surface area contributed by atoms with Gasteiger partial charge < -0.3 is 15.4 Å². The Kier molecular flexibility index (Phi) is 8.86. The lowest BCUT2D eigenvalue weighted by atomic mass is 10.1. The molecular formula is C20H27ClN2O2. The lowest BCUT2D eigenvalue weighted by molar-refractivity contribution is -0.129. The molecule has 0 bridgehead atoms. The van der Waals surface area contributed by atoms with E-state index in [2.05, 4.69) is 0 Å². The molecule has 0 radical (unpaired) electrons. The highest BCUT2D eigenvalue weighted by atomic mass is 35.5. The third kappa shape index (κ3) is 6.67. The van der Waals surface area contributed by atoms with Gasteiger partial charge in [-0.25, -0.2) is 0 Å². The second-order valence-corrected chi connectivity index (χ2v) is 5.98. The normalized spacial score (nSPS) is 10.0. The van der Waals surface area contributed by atoms with E-state index in [1.165, 1.54) is 0 Å². The van der Waals surface area contributed by atoms with Gasteiger partial charge in [0.15, 0.2) is 0 Å². The highest BCUT2D eigenvalue weighted by Crippen LogP contribution is 2.16. The number of hydrogen-bond acceptors (Lipinski definition) is 3. The number of nitrogens with zero attached hydrogens (tertiary/aromatic N) is 1. The summed E-state index contributed by atoms with van der Waals surface area (Å²) in [4.78, 5) is 14.0. The summed E-state index contributed by atoms with van der Waals surface area (Å²) in [6.07, 6.45) is 1.96. The molecular weight excluding hydrogens is 336 g/mol. The maximum absolute atomic E-state index is 12.2. The van der Waals surface area contributed by atoms with Gasteiger partial charge in [-0.15, -0.1) is 12.4 Å². The Bertz CT molecular complexity index is 676. The van der Waals surface area contributed by atoms with Crippen LogP contribution in [-0.4, -0.2) is 31.0 Å². The summed E-state index contributed by atoms with van der Waals surface area (Å²) in [7, 11) is 1.84. The minimum absolute atomic E-state index is 0. The molecule has 0 saturated carbocycles. The Hall–Kier alpha value is -2.20. The number of amides is 1. The molecule has 0 aliphatic rings. The molecule has 1 amide bonds. The van der Waals surface area contributed by atoms with Crippen LogP contribution in [0, 0.1) is 6.92 Å². The van der Waals surface area contributed by atoms with Crippen LogP contribution in [0.15, 0.2) is 48.5 Å². The van der Waals surface area contributed by atoms with E-state index >= 15 is 0 Å². The van der Waals surface area contributed by atoms with Gasteiger partial charge in [-0.2, -0.15) is 0 Å². The highest BCUT2D eigenvalue weighted by Gasteiger charge is 2.09. The van der Waals surface area contributed by atoms with Crippen LogP contribution in [0.1, 0.15) is 24.0 Å². The van der Waals surface area contributed by atoms with Gasteiger partial charge >= 0.3 is 0 Å². The van der Waals surface area contributed by atoms with Crippen LogP contribution in [0.3, 0.4) is 0 Å². The fourth-order valence-corrected chi connectivity index (χ4v) is 2.52. The van der Waals surface area contributed by atoms with Gasteiger partial charge in [0.25, 0.3) is 0 Å². The van der Waals surface area contributed by atoms with E-state index in [9.17, 15) is 4.79 Å². The number of rotatable bonds is 8. The van der Waals surface area contributed by atoms with E-state index in [1.807, 2.05) is 62.5 Å². The van der Waals surface area contributed by atoms with Gasteiger partial charge in [0.05, 0.1) is 6.61 Å². The van der Waals surface area contributed by atoms with Crippen molar-refractivity contribution in [2.45, 2.75) is 26.2 Å². The van der Waals surface area contributed by atoms with Crippen molar-refractivity contribution >= 4 is 24.0 Å². The molecule has 2 aromatic carbocycles. The number of carbonyl (C=O) groups is 1. The summed E-state index contributed by atoms with van der Waals surface area (Å²) in [5.41, 5.74) is 8.81. The molecule has 2 rings (SSSR count). The van der Waals surface area contributed by atoms with Crippen molar-refractivity contribution in [2.24, 2.45) is 0 Å². The number of ether oxygens (including phenoxy) is 1. The van der Waals surface area contributed by atoms with Crippen molar-refractivity contribution < 1.29 is 9.53 Å². The first-order valence-corrected chi connectivity index (χ1v) is 8.33. The van der Waals surface area contributed by atoms with Crippen molar-refractivity contribution in [2.75, 3.05) is 25.9 Å². The number of para-hydroxylation sites is 2. The van der Waals surface area contributed by atoms with Crippen molar-refractivity contribution in [1.29, 1.82) is 0 Å². The summed E-state index contributed by atoms with van der Waals surface area (Å²) in [5.74, 6) is 1.04.